The van der Waals surface area contributed by atoms with E-state index in [1.807, 2.05) is 19.9 Å². The maximum atomic E-state index is 12.3. The number of ketones is 1. The molecule has 0 spiro atoms. The third-order valence-electron chi connectivity index (χ3n) is 4.10. The first-order valence-electron chi connectivity index (χ1n) is 8.18. The number of rotatable bonds is 9. The lowest BCUT2D eigenvalue weighted by molar-refractivity contribution is 0.0482. The van der Waals surface area contributed by atoms with E-state index in [0.717, 1.165) is 23.1 Å². The van der Waals surface area contributed by atoms with Gasteiger partial charge in [0.25, 0.3) is 0 Å². The van der Waals surface area contributed by atoms with Crippen molar-refractivity contribution >= 4 is 5.78 Å². The summed E-state index contributed by atoms with van der Waals surface area (Å²) in [5, 5.41) is 0. The number of carbonyl (C=O) groups is 1. The van der Waals surface area contributed by atoms with E-state index in [4.69, 9.17) is 4.74 Å². The molecule has 0 saturated heterocycles. The van der Waals surface area contributed by atoms with Crippen molar-refractivity contribution in [2.75, 3.05) is 6.61 Å². The second-order valence-electron chi connectivity index (χ2n) is 6.15. The topological polar surface area (TPSA) is 26.3 Å². The van der Waals surface area contributed by atoms with Crippen LogP contribution >= 0.6 is 0 Å². The lowest BCUT2D eigenvalue weighted by atomic mass is 9.98. The summed E-state index contributed by atoms with van der Waals surface area (Å²) in [4.78, 5) is 12.3. The van der Waals surface area contributed by atoms with Crippen LogP contribution in [-0.4, -0.2) is 18.5 Å². The van der Waals surface area contributed by atoms with Crippen LogP contribution in [0, 0.1) is 20.8 Å². The van der Waals surface area contributed by atoms with Gasteiger partial charge in [0.15, 0.2) is 5.78 Å². The predicted octanol–water partition coefficient (Wildman–Crippen LogP) is 5.17. The molecule has 2 nitrogen and oxygen atoms in total. The van der Waals surface area contributed by atoms with Gasteiger partial charge >= 0.3 is 0 Å². The van der Waals surface area contributed by atoms with E-state index in [0.29, 0.717) is 0 Å². The van der Waals surface area contributed by atoms with Crippen LogP contribution in [0.1, 0.15) is 73.0 Å². The first-order valence-corrected chi connectivity index (χ1v) is 8.18. The molecule has 0 aromatic heterocycles. The highest BCUT2D eigenvalue weighted by atomic mass is 16.5. The van der Waals surface area contributed by atoms with Gasteiger partial charge in [-0.05, 0) is 56.9 Å². The van der Waals surface area contributed by atoms with Gasteiger partial charge in [-0.25, -0.2) is 0 Å². The van der Waals surface area contributed by atoms with Crippen molar-refractivity contribution < 1.29 is 9.53 Å². The van der Waals surface area contributed by atoms with Crippen LogP contribution < -0.4 is 0 Å². The van der Waals surface area contributed by atoms with E-state index >= 15 is 0 Å². The third kappa shape index (κ3) is 6.01. The first-order chi connectivity index (χ1) is 9.95. The van der Waals surface area contributed by atoms with Crippen LogP contribution in [0.2, 0.25) is 0 Å². The Bertz CT molecular complexity index is 463. The van der Waals surface area contributed by atoms with E-state index < -0.39 is 0 Å². The minimum Gasteiger partial charge on any atom is -0.370 e. The predicted molar refractivity (Wildman–Crippen MR) is 89.2 cm³/mol. The molecule has 0 amide bonds. The summed E-state index contributed by atoms with van der Waals surface area (Å²) in [6, 6.07) is 4.07. The summed E-state index contributed by atoms with van der Waals surface area (Å²) < 4.78 is 5.71. The molecule has 2 heteroatoms. The molecule has 0 fully saturated rings. The molecule has 1 unspecified atom stereocenters. The summed E-state index contributed by atoms with van der Waals surface area (Å²) in [5.41, 5.74) is 4.24. The number of carbonyl (C=O) groups excluding carboxylic acids is 1. The molecule has 0 N–H and O–H groups in total. The Morgan fingerprint density at radius 1 is 1.05 bits per heavy atom. The van der Waals surface area contributed by atoms with Crippen LogP contribution in [0.3, 0.4) is 0 Å². The second kappa shape index (κ2) is 8.99. The van der Waals surface area contributed by atoms with E-state index in [2.05, 4.69) is 26.8 Å². The lowest BCUT2D eigenvalue weighted by Crippen LogP contribution is -2.17. The summed E-state index contributed by atoms with van der Waals surface area (Å²) in [6.45, 7) is 10.6. The largest absolute Gasteiger partial charge is 0.370 e. The highest BCUT2D eigenvalue weighted by Gasteiger charge is 2.12. The van der Waals surface area contributed by atoms with E-state index in [-0.39, 0.29) is 18.5 Å². The Balaban J connectivity index is 2.45. The van der Waals surface area contributed by atoms with Gasteiger partial charge in [0.1, 0.15) is 6.61 Å². The Labute approximate surface area is 129 Å². The summed E-state index contributed by atoms with van der Waals surface area (Å²) in [7, 11) is 0. The summed E-state index contributed by atoms with van der Waals surface area (Å²) in [5.74, 6) is 0.0935. The SMILES string of the molecule is CCCCCCC(C)OCC(=O)c1cc(C)c(C)cc1C. The van der Waals surface area contributed by atoms with Crippen molar-refractivity contribution in [1.82, 2.24) is 0 Å². The molecule has 0 aliphatic heterocycles. The Hall–Kier alpha value is -1.15. The second-order valence-corrected chi connectivity index (χ2v) is 6.15. The van der Waals surface area contributed by atoms with Gasteiger partial charge in [0, 0.05) is 5.56 Å². The number of unbranched alkanes of at least 4 members (excludes halogenated alkanes) is 3. The number of hydrogen-bond donors (Lipinski definition) is 0. The number of ether oxygens (including phenoxy) is 1. The molecule has 0 aliphatic carbocycles. The zero-order valence-corrected chi connectivity index (χ0v) is 14.3. The molecule has 1 atom stereocenters. The van der Waals surface area contributed by atoms with Gasteiger partial charge in [-0.2, -0.15) is 0 Å². The van der Waals surface area contributed by atoms with E-state index in [9.17, 15) is 4.79 Å². The zero-order valence-electron chi connectivity index (χ0n) is 14.3. The number of hydrogen-bond acceptors (Lipinski definition) is 2. The van der Waals surface area contributed by atoms with Crippen molar-refractivity contribution in [1.29, 1.82) is 0 Å². The van der Waals surface area contributed by atoms with E-state index in [1.165, 1.54) is 31.2 Å². The monoisotopic (exact) mass is 290 g/mol. The van der Waals surface area contributed by atoms with Gasteiger partial charge in [0.2, 0.25) is 0 Å². The minimum absolute atomic E-state index is 0.0935. The van der Waals surface area contributed by atoms with Crippen molar-refractivity contribution in [2.24, 2.45) is 0 Å². The fourth-order valence-corrected chi connectivity index (χ4v) is 2.50. The molecule has 0 saturated carbocycles. The van der Waals surface area contributed by atoms with Crippen LogP contribution in [0.5, 0.6) is 0 Å². The maximum Gasteiger partial charge on any atom is 0.188 e. The fourth-order valence-electron chi connectivity index (χ4n) is 2.50. The molecule has 1 rings (SSSR count). The average molecular weight is 290 g/mol. The molecule has 118 valence electrons. The number of aryl methyl sites for hydroxylation is 3. The highest BCUT2D eigenvalue weighted by molar-refractivity contribution is 5.98. The molecular weight excluding hydrogens is 260 g/mol. The molecule has 0 radical (unpaired) electrons. The fraction of sp³-hybridized carbons (Fsp3) is 0.632. The molecule has 0 bridgehead atoms. The molecule has 1 aromatic carbocycles. The van der Waals surface area contributed by atoms with Gasteiger partial charge in [-0.1, -0.05) is 38.7 Å². The quantitative estimate of drug-likeness (QED) is 0.463. The normalized spacial score (nSPS) is 12.4. The van der Waals surface area contributed by atoms with Gasteiger partial charge in [-0.15, -0.1) is 0 Å². The van der Waals surface area contributed by atoms with Crippen LogP contribution in [0.25, 0.3) is 0 Å². The summed E-state index contributed by atoms with van der Waals surface area (Å²) in [6.07, 6.45) is 6.19. The zero-order chi connectivity index (χ0) is 15.8. The van der Waals surface area contributed by atoms with Gasteiger partial charge < -0.3 is 4.74 Å². The average Bonchev–Trinajstić information content (AvgIpc) is 2.45. The van der Waals surface area contributed by atoms with E-state index in [1.54, 1.807) is 0 Å². The number of Topliss-reactive ketones (excluding diaryl/α,β-unsaturated/α-hetero) is 1. The van der Waals surface area contributed by atoms with Gasteiger partial charge in [-0.3, -0.25) is 4.79 Å². The van der Waals surface area contributed by atoms with Crippen LogP contribution in [-0.2, 0) is 4.74 Å². The van der Waals surface area contributed by atoms with Crippen molar-refractivity contribution in [3.63, 3.8) is 0 Å². The van der Waals surface area contributed by atoms with Gasteiger partial charge in [0.05, 0.1) is 6.10 Å². The molecule has 1 aromatic rings. The highest BCUT2D eigenvalue weighted by Crippen LogP contribution is 2.16. The van der Waals surface area contributed by atoms with Crippen molar-refractivity contribution in [3.8, 4) is 0 Å². The molecule has 0 aliphatic rings. The minimum atomic E-state index is 0.0935. The molecule has 0 heterocycles. The molecular formula is C19H30O2. The Morgan fingerprint density at radius 3 is 2.38 bits per heavy atom. The van der Waals surface area contributed by atoms with Crippen molar-refractivity contribution in [3.05, 3.63) is 34.4 Å². The van der Waals surface area contributed by atoms with Crippen LogP contribution in [0.4, 0.5) is 0 Å². The molecule has 21 heavy (non-hydrogen) atoms. The Kier molecular flexibility index (Phi) is 7.66. The maximum absolute atomic E-state index is 12.3. The number of benzene rings is 1. The van der Waals surface area contributed by atoms with Crippen molar-refractivity contribution in [2.45, 2.75) is 72.8 Å². The summed E-state index contributed by atoms with van der Waals surface area (Å²) >= 11 is 0. The third-order valence-corrected chi connectivity index (χ3v) is 4.10. The first kappa shape index (κ1) is 17.9. The Morgan fingerprint density at radius 2 is 1.71 bits per heavy atom. The lowest BCUT2D eigenvalue weighted by Gasteiger charge is -2.14. The van der Waals surface area contributed by atoms with Crippen LogP contribution in [0.15, 0.2) is 12.1 Å². The standard InChI is InChI=1S/C19H30O2/c1-6-7-8-9-10-17(5)21-13-19(20)18-12-15(3)14(2)11-16(18)4/h11-12,17H,6-10,13H2,1-5H3. The smallest absolute Gasteiger partial charge is 0.188 e.